The molecule has 1 atom stereocenters. The first-order chi connectivity index (χ1) is 25.1. The third kappa shape index (κ3) is 4.66. The number of nitrogens with zero attached hydrogens (tertiary/aromatic N) is 2. The largest absolute Gasteiger partial charge is 0.456 e. The lowest BCUT2D eigenvalue weighted by atomic mass is 9.74. The molecular weight excluding hydrogens is 621 g/mol. The van der Waals surface area contributed by atoms with E-state index in [9.17, 15) is 0 Å². The Morgan fingerprint density at radius 2 is 1.04 bits per heavy atom. The summed E-state index contributed by atoms with van der Waals surface area (Å²) in [5, 5.41) is 2.17. The second-order valence-corrected chi connectivity index (χ2v) is 13.5. The predicted molar refractivity (Wildman–Crippen MR) is 208 cm³/mol. The van der Waals surface area contributed by atoms with Gasteiger partial charge in [-0.25, -0.2) is 9.97 Å². The van der Waals surface area contributed by atoms with Crippen LogP contribution in [0.4, 0.5) is 0 Å². The average molecular weight is 653 g/mol. The zero-order valence-electron chi connectivity index (χ0n) is 28.0. The number of aromatic nitrogens is 2. The molecule has 1 aliphatic carbocycles. The first-order valence-electron chi connectivity index (χ1n) is 17.4. The van der Waals surface area contributed by atoms with Gasteiger partial charge in [-0.15, -0.1) is 0 Å². The Hall–Kier alpha value is -6.58. The van der Waals surface area contributed by atoms with Crippen LogP contribution in [0, 0.1) is 0 Å². The third-order valence-corrected chi connectivity index (χ3v) is 10.6. The van der Waals surface area contributed by atoms with Crippen LogP contribution in [0.15, 0.2) is 180 Å². The summed E-state index contributed by atoms with van der Waals surface area (Å²) in [5.41, 5.74) is 15.2. The summed E-state index contributed by atoms with van der Waals surface area (Å²) in [6, 6.07) is 62.2. The van der Waals surface area contributed by atoms with Crippen molar-refractivity contribution < 1.29 is 4.42 Å². The van der Waals surface area contributed by atoms with Crippen LogP contribution in [0.1, 0.15) is 23.6 Å². The van der Waals surface area contributed by atoms with Gasteiger partial charge in [0.15, 0.2) is 5.82 Å². The van der Waals surface area contributed by atoms with Gasteiger partial charge in [0.05, 0.1) is 11.4 Å². The van der Waals surface area contributed by atoms with E-state index in [1.54, 1.807) is 0 Å². The van der Waals surface area contributed by atoms with Gasteiger partial charge in [0.1, 0.15) is 11.2 Å². The van der Waals surface area contributed by atoms with Crippen molar-refractivity contribution in [2.24, 2.45) is 0 Å². The van der Waals surface area contributed by atoms with Gasteiger partial charge in [0, 0.05) is 32.9 Å². The van der Waals surface area contributed by atoms with Gasteiger partial charge >= 0.3 is 0 Å². The molecule has 0 aliphatic heterocycles. The van der Waals surface area contributed by atoms with Crippen molar-refractivity contribution in [1.82, 2.24) is 9.97 Å². The normalized spacial score (nSPS) is 14.8. The van der Waals surface area contributed by atoms with Gasteiger partial charge in [0.25, 0.3) is 0 Å². The minimum atomic E-state index is -0.256. The van der Waals surface area contributed by atoms with Crippen LogP contribution in [0.3, 0.4) is 0 Å². The zero-order valence-corrected chi connectivity index (χ0v) is 28.0. The summed E-state index contributed by atoms with van der Waals surface area (Å²) in [7, 11) is 0. The maximum Gasteiger partial charge on any atom is 0.160 e. The minimum absolute atomic E-state index is 0.256. The Morgan fingerprint density at radius 1 is 0.431 bits per heavy atom. The number of rotatable bonds is 5. The van der Waals surface area contributed by atoms with Gasteiger partial charge < -0.3 is 4.42 Å². The van der Waals surface area contributed by atoms with Crippen molar-refractivity contribution in [3.05, 3.63) is 193 Å². The quantitative estimate of drug-likeness (QED) is 0.186. The second kappa shape index (κ2) is 11.5. The molecule has 2 heterocycles. The highest BCUT2D eigenvalue weighted by atomic mass is 16.3. The maximum absolute atomic E-state index is 6.14. The lowest BCUT2D eigenvalue weighted by molar-refractivity contribution is 0.669. The van der Waals surface area contributed by atoms with E-state index in [1.807, 2.05) is 36.4 Å². The smallest absolute Gasteiger partial charge is 0.160 e. The zero-order chi connectivity index (χ0) is 33.9. The van der Waals surface area contributed by atoms with E-state index in [0.717, 1.165) is 55.6 Å². The molecule has 2 aromatic heterocycles. The fourth-order valence-corrected chi connectivity index (χ4v) is 8.06. The number of hydrogen-bond acceptors (Lipinski definition) is 3. The monoisotopic (exact) mass is 652 g/mol. The van der Waals surface area contributed by atoms with Crippen molar-refractivity contribution in [3.8, 4) is 56.2 Å². The molecule has 0 radical (unpaired) electrons. The highest BCUT2D eigenvalue weighted by Crippen LogP contribution is 2.55. The highest BCUT2D eigenvalue weighted by molar-refractivity contribution is 6.06. The van der Waals surface area contributed by atoms with Crippen LogP contribution in [0.2, 0.25) is 0 Å². The van der Waals surface area contributed by atoms with E-state index in [-0.39, 0.29) is 5.41 Å². The number of benzene rings is 7. The summed E-state index contributed by atoms with van der Waals surface area (Å²) in [6.45, 7) is 2.37. The molecule has 3 nitrogen and oxygen atoms in total. The molecule has 0 fully saturated rings. The molecule has 0 bridgehead atoms. The van der Waals surface area contributed by atoms with Crippen LogP contribution in [0.25, 0.3) is 78.1 Å². The molecule has 0 spiro atoms. The van der Waals surface area contributed by atoms with Crippen LogP contribution < -0.4 is 0 Å². The van der Waals surface area contributed by atoms with Crippen molar-refractivity contribution in [1.29, 1.82) is 0 Å². The van der Waals surface area contributed by atoms with Gasteiger partial charge in [0.2, 0.25) is 0 Å². The average Bonchev–Trinajstić information content (AvgIpc) is 3.71. The van der Waals surface area contributed by atoms with Crippen LogP contribution in [-0.2, 0) is 5.41 Å². The number of para-hydroxylation sites is 1. The molecule has 1 aliphatic rings. The molecule has 240 valence electrons. The van der Waals surface area contributed by atoms with Gasteiger partial charge in [-0.1, -0.05) is 140 Å². The summed E-state index contributed by atoms with van der Waals surface area (Å²) in [4.78, 5) is 10.3. The molecule has 0 saturated carbocycles. The van der Waals surface area contributed by atoms with Crippen molar-refractivity contribution in [2.45, 2.75) is 12.3 Å². The molecule has 0 N–H and O–H groups in total. The van der Waals surface area contributed by atoms with E-state index in [4.69, 9.17) is 14.4 Å². The topological polar surface area (TPSA) is 38.9 Å². The summed E-state index contributed by atoms with van der Waals surface area (Å²) >= 11 is 0. The molecule has 51 heavy (non-hydrogen) atoms. The van der Waals surface area contributed by atoms with E-state index >= 15 is 0 Å². The standard InChI is InChI=1S/C48H32N2O/c1-48(35-18-6-3-7-19-35)40-23-10-8-21-38(40)46-36(22-13-24-41(46)48)32-16-12-17-33(28-32)42-30-43(50-47(49-42)31-14-4-2-5-15-31)34-26-27-45-39(29-34)37-20-9-11-25-44(37)51-45/h2-30H,1H3. The van der Waals surface area contributed by atoms with E-state index in [2.05, 4.69) is 146 Å². The fraction of sp³-hybridized carbons (Fsp3) is 0.0417. The molecular formula is C48H32N2O. The van der Waals surface area contributed by atoms with Crippen molar-refractivity contribution in [2.75, 3.05) is 0 Å². The highest BCUT2D eigenvalue weighted by Gasteiger charge is 2.41. The summed E-state index contributed by atoms with van der Waals surface area (Å²) in [5.74, 6) is 0.693. The lowest BCUT2D eigenvalue weighted by Crippen LogP contribution is -2.22. The SMILES string of the molecule is CC1(c2ccccc2)c2ccccc2-c2c(-c3cccc(-c4cc(-c5ccc6oc7ccccc7c6c5)nc(-c5ccccc5)n4)c3)cccc21. The molecule has 1 unspecified atom stereocenters. The third-order valence-electron chi connectivity index (χ3n) is 10.6. The summed E-state index contributed by atoms with van der Waals surface area (Å²) in [6.07, 6.45) is 0. The molecule has 0 saturated heterocycles. The Kier molecular flexibility index (Phi) is 6.62. The Bertz CT molecular complexity index is 2760. The Balaban J connectivity index is 1.14. The number of furan rings is 1. The van der Waals surface area contributed by atoms with Crippen molar-refractivity contribution in [3.63, 3.8) is 0 Å². The van der Waals surface area contributed by atoms with Crippen LogP contribution in [0.5, 0.6) is 0 Å². The van der Waals surface area contributed by atoms with E-state index in [1.165, 1.54) is 33.4 Å². The van der Waals surface area contributed by atoms with E-state index < -0.39 is 0 Å². The summed E-state index contributed by atoms with van der Waals surface area (Å²) < 4.78 is 6.14. The van der Waals surface area contributed by atoms with Crippen LogP contribution >= 0.6 is 0 Å². The van der Waals surface area contributed by atoms with Gasteiger partial charge in [-0.3, -0.25) is 0 Å². The maximum atomic E-state index is 6.14. The first kappa shape index (κ1) is 29.3. The first-order valence-corrected chi connectivity index (χ1v) is 17.4. The number of fused-ring (bicyclic) bond motifs is 6. The predicted octanol–water partition coefficient (Wildman–Crippen LogP) is 12.4. The molecule has 3 heteroatoms. The van der Waals surface area contributed by atoms with E-state index in [0.29, 0.717) is 5.82 Å². The minimum Gasteiger partial charge on any atom is -0.456 e. The molecule has 7 aromatic carbocycles. The molecule has 9 aromatic rings. The Morgan fingerprint density at radius 3 is 1.88 bits per heavy atom. The van der Waals surface area contributed by atoms with Crippen LogP contribution in [-0.4, -0.2) is 9.97 Å². The fourth-order valence-electron chi connectivity index (χ4n) is 8.06. The second-order valence-electron chi connectivity index (χ2n) is 13.5. The van der Waals surface area contributed by atoms with Crippen molar-refractivity contribution >= 4 is 21.9 Å². The number of hydrogen-bond donors (Lipinski definition) is 0. The Labute approximate surface area is 296 Å². The lowest BCUT2D eigenvalue weighted by Gasteiger charge is -2.28. The van der Waals surface area contributed by atoms with Gasteiger partial charge in [-0.2, -0.15) is 0 Å². The molecule has 0 amide bonds. The van der Waals surface area contributed by atoms with Gasteiger partial charge in [-0.05, 0) is 82.3 Å². The molecule has 10 rings (SSSR count).